The third-order valence-corrected chi connectivity index (χ3v) is 6.34. The number of hydrogen-bond acceptors (Lipinski definition) is 6. The van der Waals surface area contributed by atoms with Crippen molar-refractivity contribution in [2.45, 2.75) is 32.3 Å². The van der Waals surface area contributed by atoms with E-state index in [0.29, 0.717) is 32.5 Å². The molecule has 0 spiro atoms. The van der Waals surface area contributed by atoms with Crippen molar-refractivity contribution in [1.82, 2.24) is 14.5 Å². The van der Waals surface area contributed by atoms with Gasteiger partial charge in [0.15, 0.2) is 0 Å². The molecule has 0 N–H and O–H groups in total. The Labute approximate surface area is 165 Å². The van der Waals surface area contributed by atoms with Gasteiger partial charge < -0.3 is 14.4 Å². The maximum atomic E-state index is 12.8. The molecule has 0 saturated carbocycles. The highest BCUT2D eigenvalue weighted by molar-refractivity contribution is 7.86. The lowest BCUT2D eigenvalue weighted by Gasteiger charge is -2.32. The molecule has 0 aliphatic carbocycles. The zero-order valence-electron chi connectivity index (χ0n) is 16.5. The van der Waals surface area contributed by atoms with Gasteiger partial charge in [-0.05, 0) is 31.9 Å². The van der Waals surface area contributed by atoms with E-state index in [1.165, 1.54) is 0 Å². The van der Waals surface area contributed by atoms with Gasteiger partial charge in [0.2, 0.25) is 0 Å². The number of aromatic nitrogens is 2. The van der Waals surface area contributed by atoms with E-state index >= 15 is 0 Å². The van der Waals surface area contributed by atoms with E-state index in [0.717, 1.165) is 47.3 Å². The van der Waals surface area contributed by atoms with Crippen LogP contribution in [0.3, 0.4) is 0 Å². The smallest absolute Gasteiger partial charge is 0.264 e. The number of nitrogens with zero attached hydrogens (tertiary/aromatic N) is 4. The van der Waals surface area contributed by atoms with E-state index < -0.39 is 10.1 Å². The number of aryl methyl sites for hydroxylation is 1. The Hall–Kier alpha value is -2.13. The molecule has 2 aromatic heterocycles. The van der Waals surface area contributed by atoms with Crippen molar-refractivity contribution in [3.63, 3.8) is 0 Å². The molecule has 9 heteroatoms. The molecule has 152 valence electrons. The summed E-state index contributed by atoms with van der Waals surface area (Å²) in [5.74, 6) is 0.936. The summed E-state index contributed by atoms with van der Waals surface area (Å²) in [4.78, 5) is 21.7. The first kappa shape index (κ1) is 19.2. The lowest BCUT2D eigenvalue weighted by atomic mass is 10.0. The highest BCUT2D eigenvalue weighted by atomic mass is 32.2. The number of rotatable bonds is 4. The van der Waals surface area contributed by atoms with Crippen LogP contribution in [0.15, 0.2) is 12.1 Å². The largest absolute Gasteiger partial charge is 0.356 e. The van der Waals surface area contributed by atoms with Crippen LogP contribution >= 0.6 is 0 Å². The van der Waals surface area contributed by atoms with Crippen LogP contribution in [0.25, 0.3) is 11.0 Å². The van der Waals surface area contributed by atoms with Crippen molar-refractivity contribution in [3.05, 3.63) is 23.4 Å². The molecule has 4 heterocycles. The minimum absolute atomic E-state index is 0.0858. The van der Waals surface area contributed by atoms with Crippen LogP contribution in [-0.4, -0.2) is 67.3 Å². The summed E-state index contributed by atoms with van der Waals surface area (Å²) in [6.07, 6.45) is 2.94. The molecule has 1 saturated heterocycles. The van der Waals surface area contributed by atoms with Crippen molar-refractivity contribution >= 4 is 32.9 Å². The normalized spacial score (nSPS) is 18.8. The average molecular weight is 407 g/mol. The minimum atomic E-state index is -3.43. The second-order valence-electron chi connectivity index (χ2n) is 7.54. The summed E-state index contributed by atoms with van der Waals surface area (Å²) in [7, 11) is -1.46. The molecule has 0 atom stereocenters. The van der Waals surface area contributed by atoms with Crippen LogP contribution in [0.4, 0.5) is 5.82 Å². The molecule has 2 aromatic rings. The molecule has 0 radical (unpaired) electrons. The average Bonchev–Trinajstić information content (AvgIpc) is 2.94. The van der Waals surface area contributed by atoms with Crippen molar-refractivity contribution in [1.29, 1.82) is 0 Å². The Bertz CT molecular complexity index is 1020. The highest BCUT2D eigenvalue weighted by Crippen LogP contribution is 2.31. The van der Waals surface area contributed by atoms with Crippen LogP contribution in [-0.2, 0) is 27.8 Å². The van der Waals surface area contributed by atoms with Crippen LogP contribution in [0.5, 0.6) is 0 Å². The van der Waals surface area contributed by atoms with Gasteiger partial charge in [-0.1, -0.05) is 0 Å². The molecule has 4 rings (SSSR count). The predicted molar refractivity (Wildman–Crippen MR) is 107 cm³/mol. The van der Waals surface area contributed by atoms with Crippen LogP contribution in [0, 0.1) is 0 Å². The van der Waals surface area contributed by atoms with Gasteiger partial charge >= 0.3 is 0 Å². The summed E-state index contributed by atoms with van der Waals surface area (Å²) in [6, 6.07) is 3.95. The molecule has 8 nitrogen and oxygen atoms in total. The molecule has 2 aliphatic rings. The van der Waals surface area contributed by atoms with E-state index in [2.05, 4.69) is 4.90 Å². The Morgan fingerprint density at radius 2 is 1.93 bits per heavy atom. The number of pyridine rings is 1. The number of hydrogen-bond donors (Lipinski definition) is 0. The molecular formula is C19H26N4O4S. The van der Waals surface area contributed by atoms with Gasteiger partial charge in [0, 0.05) is 50.7 Å². The maximum absolute atomic E-state index is 12.8. The molecule has 28 heavy (non-hydrogen) atoms. The number of anilines is 1. The van der Waals surface area contributed by atoms with E-state index in [4.69, 9.17) is 9.17 Å². The second-order valence-corrected chi connectivity index (χ2v) is 9.14. The van der Waals surface area contributed by atoms with Crippen LogP contribution in [0.2, 0.25) is 0 Å². The Morgan fingerprint density at radius 1 is 1.21 bits per heavy atom. The Morgan fingerprint density at radius 3 is 2.57 bits per heavy atom. The topological polar surface area (TPSA) is 84.7 Å². The second kappa shape index (κ2) is 7.04. The fraction of sp³-hybridized carbons (Fsp3) is 0.579. The number of likely N-dealkylation sites (N-methyl/N-ethyl adjacent to an activating group) is 1. The zero-order valence-corrected chi connectivity index (χ0v) is 17.3. The molecular weight excluding hydrogens is 380 g/mol. The number of fused-ring (bicyclic) bond motifs is 3. The lowest BCUT2D eigenvalue weighted by molar-refractivity contribution is 0.0749. The zero-order chi connectivity index (χ0) is 20.1. The van der Waals surface area contributed by atoms with Gasteiger partial charge in [-0.15, -0.1) is 0 Å². The molecule has 0 aromatic carbocycles. The summed E-state index contributed by atoms with van der Waals surface area (Å²) in [6.45, 7) is 4.83. The lowest BCUT2D eigenvalue weighted by Crippen LogP contribution is -2.38. The molecule has 0 bridgehead atoms. The third kappa shape index (κ3) is 3.37. The fourth-order valence-electron chi connectivity index (χ4n) is 4.28. The third-order valence-electron chi connectivity index (χ3n) is 5.72. The predicted octanol–water partition coefficient (Wildman–Crippen LogP) is 1.54. The minimum Gasteiger partial charge on any atom is -0.356 e. The molecule has 0 unspecified atom stereocenters. The summed E-state index contributed by atoms with van der Waals surface area (Å²) in [5, 5.41) is 0.902. The van der Waals surface area contributed by atoms with Gasteiger partial charge in [-0.25, -0.2) is 4.98 Å². The van der Waals surface area contributed by atoms with E-state index in [-0.39, 0.29) is 12.0 Å². The number of piperidine rings is 1. The summed E-state index contributed by atoms with van der Waals surface area (Å²) in [5.41, 5.74) is 2.66. The van der Waals surface area contributed by atoms with Gasteiger partial charge in [0.05, 0.1) is 17.9 Å². The standard InChI is InChI=1S/C19H26N4O4S/c1-4-22-12-9-15-17(19(22)24)14-5-6-16(20-18(14)21(15)2)23-10-7-13(8-11-23)27-28(3,25)26/h5-6,13H,4,7-12H2,1-3H3. The van der Waals surface area contributed by atoms with Gasteiger partial charge in [-0.3, -0.25) is 8.98 Å². The SMILES string of the molecule is CCN1CCc2c(c3ccc(N4CCC(OS(C)(=O)=O)CC4)nc3n2C)C1=O. The van der Waals surface area contributed by atoms with Crippen molar-refractivity contribution < 1.29 is 17.4 Å². The molecule has 1 fully saturated rings. The maximum Gasteiger partial charge on any atom is 0.264 e. The van der Waals surface area contributed by atoms with Crippen LogP contribution < -0.4 is 4.90 Å². The fourth-order valence-corrected chi connectivity index (χ4v) is 4.97. The number of amides is 1. The quantitative estimate of drug-likeness (QED) is 0.716. The van der Waals surface area contributed by atoms with Crippen molar-refractivity contribution in [3.8, 4) is 0 Å². The Balaban J connectivity index is 1.60. The van der Waals surface area contributed by atoms with Crippen molar-refractivity contribution in [2.75, 3.05) is 37.3 Å². The summed E-state index contributed by atoms with van der Waals surface area (Å²) >= 11 is 0. The number of carbonyl (C=O) groups excluding carboxylic acids is 1. The van der Waals surface area contributed by atoms with E-state index in [1.54, 1.807) is 0 Å². The van der Waals surface area contributed by atoms with Gasteiger partial charge in [0.25, 0.3) is 16.0 Å². The van der Waals surface area contributed by atoms with Gasteiger partial charge in [-0.2, -0.15) is 8.42 Å². The first-order valence-electron chi connectivity index (χ1n) is 9.69. The summed E-state index contributed by atoms with van der Waals surface area (Å²) < 4.78 is 29.8. The highest BCUT2D eigenvalue weighted by Gasteiger charge is 2.30. The van der Waals surface area contributed by atoms with Crippen LogP contribution in [0.1, 0.15) is 35.8 Å². The first-order valence-corrected chi connectivity index (χ1v) is 11.5. The van der Waals surface area contributed by atoms with Crippen molar-refractivity contribution in [2.24, 2.45) is 7.05 Å². The van der Waals surface area contributed by atoms with E-state index in [9.17, 15) is 13.2 Å². The number of carbonyl (C=O) groups is 1. The molecule has 2 aliphatic heterocycles. The first-order chi connectivity index (χ1) is 13.3. The molecule has 1 amide bonds. The Kier molecular flexibility index (Phi) is 4.83. The monoisotopic (exact) mass is 406 g/mol. The van der Waals surface area contributed by atoms with Gasteiger partial charge in [0.1, 0.15) is 11.5 Å². The van der Waals surface area contributed by atoms with E-state index in [1.807, 2.05) is 35.6 Å².